The molecule has 10 nitrogen and oxygen atoms in total. The first-order valence-corrected chi connectivity index (χ1v) is 10.6. The average Bonchev–Trinajstić information content (AvgIpc) is 2.76. The maximum atomic E-state index is 12.8. The van der Waals surface area contributed by atoms with E-state index in [1.807, 2.05) is 4.90 Å². The molecule has 10 heteroatoms. The molecule has 1 aromatic carbocycles. The third-order valence-electron chi connectivity index (χ3n) is 5.52. The van der Waals surface area contributed by atoms with E-state index in [0.29, 0.717) is 24.5 Å². The second kappa shape index (κ2) is 11.3. The molecule has 1 aliphatic rings. The summed E-state index contributed by atoms with van der Waals surface area (Å²) >= 11 is 0. The maximum Gasteiger partial charge on any atom is 0.239 e. The lowest BCUT2D eigenvalue weighted by atomic mass is 9.96. The van der Waals surface area contributed by atoms with Crippen molar-refractivity contribution in [1.82, 2.24) is 20.4 Å². The van der Waals surface area contributed by atoms with Gasteiger partial charge in [0, 0.05) is 38.8 Å². The summed E-state index contributed by atoms with van der Waals surface area (Å²) in [5, 5.41) is 20.6. The van der Waals surface area contributed by atoms with Gasteiger partial charge in [-0.2, -0.15) is 0 Å². The van der Waals surface area contributed by atoms with Gasteiger partial charge in [-0.3, -0.25) is 25.2 Å². The molecule has 1 aliphatic heterocycles. The molecule has 1 fully saturated rings. The van der Waals surface area contributed by atoms with Crippen LogP contribution in [0, 0.1) is 16.7 Å². The zero-order valence-corrected chi connectivity index (χ0v) is 18.9. The van der Waals surface area contributed by atoms with Gasteiger partial charge >= 0.3 is 0 Å². The Morgan fingerprint density at radius 2 is 1.75 bits per heavy atom. The number of carbonyl (C=O) groups excluding carboxylic acids is 3. The van der Waals surface area contributed by atoms with Crippen molar-refractivity contribution in [2.24, 2.45) is 11.7 Å². The van der Waals surface area contributed by atoms with E-state index in [2.05, 4.69) is 10.6 Å². The third kappa shape index (κ3) is 7.07. The van der Waals surface area contributed by atoms with Crippen LogP contribution in [0.2, 0.25) is 0 Å². The highest BCUT2D eigenvalue weighted by molar-refractivity contribution is 6.01. The summed E-state index contributed by atoms with van der Waals surface area (Å²) in [6, 6.07) is 6.81. The van der Waals surface area contributed by atoms with Crippen molar-refractivity contribution >= 4 is 29.4 Å². The summed E-state index contributed by atoms with van der Waals surface area (Å²) in [4.78, 5) is 41.0. The second-order valence-corrected chi connectivity index (χ2v) is 8.23. The highest BCUT2D eigenvalue weighted by Gasteiger charge is 2.29. The predicted molar refractivity (Wildman–Crippen MR) is 122 cm³/mol. The van der Waals surface area contributed by atoms with Crippen molar-refractivity contribution in [2.45, 2.75) is 32.2 Å². The minimum absolute atomic E-state index is 0.00833. The zero-order valence-electron chi connectivity index (χ0n) is 18.9. The van der Waals surface area contributed by atoms with Crippen molar-refractivity contribution in [3.05, 3.63) is 35.4 Å². The number of amides is 3. The Balaban J connectivity index is 1.92. The molecule has 32 heavy (non-hydrogen) atoms. The van der Waals surface area contributed by atoms with E-state index in [4.69, 9.17) is 16.6 Å². The summed E-state index contributed by atoms with van der Waals surface area (Å²) in [6.45, 7) is 2.98. The van der Waals surface area contributed by atoms with Gasteiger partial charge < -0.3 is 26.2 Å². The first-order chi connectivity index (χ1) is 15.1. The number of rotatable bonds is 8. The van der Waals surface area contributed by atoms with E-state index in [0.717, 1.165) is 18.4 Å². The van der Waals surface area contributed by atoms with Gasteiger partial charge in [-0.1, -0.05) is 24.3 Å². The van der Waals surface area contributed by atoms with Crippen LogP contribution < -0.4 is 16.4 Å². The summed E-state index contributed by atoms with van der Waals surface area (Å²) in [6.07, 6.45) is 1.66. The molecule has 3 amide bonds. The van der Waals surface area contributed by atoms with E-state index < -0.39 is 11.8 Å². The van der Waals surface area contributed by atoms with Gasteiger partial charge in [0.1, 0.15) is 11.8 Å². The fourth-order valence-electron chi connectivity index (χ4n) is 3.59. The lowest BCUT2D eigenvalue weighted by molar-refractivity contribution is -0.141. The van der Waals surface area contributed by atoms with Crippen LogP contribution in [0.25, 0.3) is 0 Å². The topological polar surface area (TPSA) is 155 Å². The molecule has 0 bridgehead atoms. The average molecular weight is 444 g/mol. The second-order valence-electron chi connectivity index (χ2n) is 8.23. The molecule has 174 valence electrons. The van der Waals surface area contributed by atoms with Gasteiger partial charge in [-0.05, 0) is 31.7 Å². The van der Waals surface area contributed by atoms with Crippen LogP contribution in [0.4, 0.5) is 0 Å². The number of amidine groups is 2. The van der Waals surface area contributed by atoms with Crippen LogP contribution >= 0.6 is 0 Å². The Morgan fingerprint density at radius 3 is 2.25 bits per heavy atom. The minimum Gasteiger partial charge on any atom is -0.384 e. The Kier molecular flexibility index (Phi) is 8.74. The number of nitrogens with two attached hydrogens (primary N) is 1. The van der Waals surface area contributed by atoms with E-state index in [1.54, 1.807) is 45.3 Å². The Morgan fingerprint density at radius 1 is 1.16 bits per heavy atom. The summed E-state index contributed by atoms with van der Waals surface area (Å²) in [5.74, 6) is -1.67. The van der Waals surface area contributed by atoms with Crippen LogP contribution in [0.5, 0.6) is 0 Å². The number of likely N-dealkylation sites (tertiary alicyclic amines) is 1. The first-order valence-electron chi connectivity index (χ1n) is 10.6. The Labute approximate surface area is 188 Å². The number of hydrogen-bond acceptors (Lipinski definition) is 5. The molecular weight excluding hydrogens is 410 g/mol. The highest BCUT2D eigenvalue weighted by Crippen LogP contribution is 2.13. The van der Waals surface area contributed by atoms with Gasteiger partial charge in [0.2, 0.25) is 17.7 Å². The van der Waals surface area contributed by atoms with Gasteiger partial charge in [0.25, 0.3) is 0 Å². The van der Waals surface area contributed by atoms with Crippen molar-refractivity contribution in [3.8, 4) is 0 Å². The fourth-order valence-corrected chi connectivity index (χ4v) is 3.59. The van der Waals surface area contributed by atoms with Crippen molar-refractivity contribution in [2.75, 3.05) is 33.7 Å². The van der Waals surface area contributed by atoms with Gasteiger partial charge in [-0.15, -0.1) is 0 Å². The van der Waals surface area contributed by atoms with E-state index >= 15 is 0 Å². The quantitative estimate of drug-likeness (QED) is 0.216. The maximum absolute atomic E-state index is 12.8. The number of hydrogen-bond donors (Lipinski definition) is 5. The van der Waals surface area contributed by atoms with Gasteiger partial charge in [-0.25, -0.2) is 0 Å². The number of piperidine rings is 1. The number of nitrogens with one attached hydrogen (secondary N) is 4. The molecule has 6 N–H and O–H groups in total. The van der Waals surface area contributed by atoms with E-state index in [1.165, 1.54) is 4.90 Å². The van der Waals surface area contributed by atoms with Crippen LogP contribution in [0.15, 0.2) is 24.3 Å². The van der Waals surface area contributed by atoms with Crippen molar-refractivity contribution in [3.63, 3.8) is 0 Å². The molecule has 0 aromatic heterocycles. The SMILES string of the molecule is CC(=N)N1CCC(NC(=O)CNC(=O)C(Cc2ccc(C(=N)N)cc2)C(=O)N(C)C)CC1. The number of benzene rings is 1. The standard InChI is InChI=1S/C22H33N7O3/c1-14(23)29-10-8-17(9-11-29)27-19(30)13-26-21(31)18(22(32)28(2)3)12-15-4-6-16(7-5-15)20(24)25/h4-7,17-18,23H,8-13H2,1-3H3,(H3,24,25)(H,26,31)(H,27,30). The number of nitrogens with zero attached hydrogens (tertiary/aromatic N) is 2. The normalized spacial score (nSPS) is 14.9. The van der Waals surface area contributed by atoms with E-state index in [-0.39, 0.29) is 36.7 Å². The largest absolute Gasteiger partial charge is 0.384 e. The van der Waals surface area contributed by atoms with Gasteiger partial charge in [0.05, 0.1) is 12.4 Å². The summed E-state index contributed by atoms with van der Waals surface area (Å²) < 4.78 is 0. The minimum atomic E-state index is -0.972. The molecule has 1 unspecified atom stereocenters. The summed E-state index contributed by atoms with van der Waals surface area (Å²) in [7, 11) is 3.16. The molecule has 0 saturated carbocycles. The predicted octanol–water partition coefficient (Wildman–Crippen LogP) is -0.0885. The summed E-state index contributed by atoms with van der Waals surface area (Å²) in [5.41, 5.74) is 6.78. The Hall–Kier alpha value is -3.43. The van der Waals surface area contributed by atoms with Crippen LogP contribution in [0.1, 0.15) is 30.9 Å². The molecule has 0 spiro atoms. The van der Waals surface area contributed by atoms with Crippen molar-refractivity contribution in [1.29, 1.82) is 10.8 Å². The van der Waals surface area contributed by atoms with Crippen LogP contribution in [-0.4, -0.2) is 79.0 Å². The Bertz CT molecular complexity index is 859. The molecule has 1 saturated heterocycles. The van der Waals surface area contributed by atoms with Crippen LogP contribution in [0.3, 0.4) is 0 Å². The third-order valence-corrected chi connectivity index (χ3v) is 5.52. The number of nitrogen functional groups attached to an aromatic ring is 1. The number of carbonyl (C=O) groups is 3. The highest BCUT2D eigenvalue weighted by atomic mass is 16.2. The molecule has 2 rings (SSSR count). The first kappa shape index (κ1) is 24.8. The van der Waals surface area contributed by atoms with Gasteiger partial charge in [0.15, 0.2) is 0 Å². The zero-order chi connectivity index (χ0) is 23.8. The molecule has 0 radical (unpaired) electrons. The van der Waals surface area contributed by atoms with Crippen LogP contribution in [-0.2, 0) is 20.8 Å². The molecule has 1 heterocycles. The lowest BCUT2D eigenvalue weighted by Crippen LogP contribution is -2.49. The van der Waals surface area contributed by atoms with E-state index in [9.17, 15) is 14.4 Å². The monoisotopic (exact) mass is 443 g/mol. The molecular formula is C22H33N7O3. The van der Waals surface area contributed by atoms with Crippen molar-refractivity contribution < 1.29 is 14.4 Å². The molecule has 1 aromatic rings. The fraction of sp³-hybridized carbons (Fsp3) is 0.500. The smallest absolute Gasteiger partial charge is 0.239 e. The molecule has 0 aliphatic carbocycles. The molecule has 1 atom stereocenters. The lowest BCUT2D eigenvalue weighted by Gasteiger charge is -2.33.